The van der Waals surface area contributed by atoms with Gasteiger partial charge in [0.05, 0.1) is 13.2 Å². The van der Waals surface area contributed by atoms with Crippen molar-refractivity contribution < 1.29 is 14.6 Å². The Kier molecular flexibility index (Phi) is 5.55. The Morgan fingerprint density at radius 1 is 1.59 bits per heavy atom. The second-order valence-electron chi connectivity index (χ2n) is 3.34. The molecule has 1 amide bonds. The van der Waals surface area contributed by atoms with E-state index in [1.54, 1.807) is 18.2 Å². The maximum Gasteiger partial charge on any atom is 0.235 e. The molecule has 0 saturated heterocycles. The highest BCUT2D eigenvalue weighted by Crippen LogP contribution is 2.27. The first-order valence-corrected chi connectivity index (χ1v) is 5.84. The van der Waals surface area contributed by atoms with Gasteiger partial charge in [0, 0.05) is 17.1 Å². The summed E-state index contributed by atoms with van der Waals surface area (Å²) in [6.45, 7) is 0.0578. The maximum absolute atomic E-state index is 11.0. The van der Waals surface area contributed by atoms with Crippen LogP contribution in [0.2, 0.25) is 5.02 Å². The zero-order valence-electron chi connectivity index (χ0n) is 9.24. The molecule has 0 heterocycles. The molecule has 0 aromatic heterocycles. The second-order valence-corrected chi connectivity index (χ2v) is 4.04. The normalized spacial score (nSPS) is 12.0. The lowest BCUT2D eigenvalue weighted by Gasteiger charge is -2.15. The highest BCUT2D eigenvalue weighted by molar-refractivity contribution is 6.30. The molecule has 4 nitrogen and oxygen atoms in total. The summed E-state index contributed by atoms with van der Waals surface area (Å²) >= 11 is 11.2. The molecule has 1 atom stereocenters. The van der Waals surface area contributed by atoms with Crippen LogP contribution in [0.1, 0.15) is 11.7 Å². The number of carbonyl (C=O) groups excluding carboxylic acids is 1. The SMILES string of the molecule is COc1ccc(Cl)cc1C(O)CNC(=O)CCl. The van der Waals surface area contributed by atoms with E-state index in [4.69, 9.17) is 27.9 Å². The molecule has 0 saturated carbocycles. The molecular weight excluding hydrogens is 265 g/mol. The third-order valence-electron chi connectivity index (χ3n) is 2.16. The number of ether oxygens (including phenoxy) is 1. The van der Waals surface area contributed by atoms with Gasteiger partial charge < -0.3 is 15.2 Å². The van der Waals surface area contributed by atoms with Gasteiger partial charge in [-0.2, -0.15) is 0 Å². The smallest absolute Gasteiger partial charge is 0.235 e. The minimum absolute atomic E-state index is 0.0578. The number of hydrogen-bond acceptors (Lipinski definition) is 3. The number of nitrogens with one attached hydrogen (secondary N) is 1. The van der Waals surface area contributed by atoms with Gasteiger partial charge in [-0.05, 0) is 18.2 Å². The molecule has 0 fully saturated rings. The van der Waals surface area contributed by atoms with Crippen LogP contribution in [0.4, 0.5) is 0 Å². The molecule has 0 aliphatic rings. The van der Waals surface area contributed by atoms with E-state index in [1.807, 2.05) is 0 Å². The number of methoxy groups -OCH3 is 1. The predicted octanol–water partition coefficient (Wildman–Crippen LogP) is 1.74. The minimum atomic E-state index is -0.893. The topological polar surface area (TPSA) is 58.6 Å². The lowest BCUT2D eigenvalue weighted by atomic mass is 10.1. The number of amides is 1. The summed E-state index contributed by atoms with van der Waals surface area (Å²) in [6, 6.07) is 4.91. The van der Waals surface area contributed by atoms with Gasteiger partial charge in [-0.15, -0.1) is 11.6 Å². The van der Waals surface area contributed by atoms with E-state index in [-0.39, 0.29) is 18.3 Å². The molecule has 1 unspecified atom stereocenters. The van der Waals surface area contributed by atoms with Crippen molar-refractivity contribution in [3.63, 3.8) is 0 Å². The Morgan fingerprint density at radius 2 is 2.29 bits per heavy atom. The number of alkyl halides is 1. The highest BCUT2D eigenvalue weighted by Gasteiger charge is 2.14. The average Bonchev–Trinajstić information content (AvgIpc) is 2.35. The van der Waals surface area contributed by atoms with E-state index in [0.29, 0.717) is 16.3 Å². The van der Waals surface area contributed by atoms with Crippen LogP contribution in [0.3, 0.4) is 0 Å². The zero-order chi connectivity index (χ0) is 12.8. The van der Waals surface area contributed by atoms with E-state index < -0.39 is 6.10 Å². The molecule has 1 aromatic carbocycles. The number of rotatable bonds is 5. The molecule has 94 valence electrons. The zero-order valence-corrected chi connectivity index (χ0v) is 10.8. The quantitative estimate of drug-likeness (QED) is 0.806. The van der Waals surface area contributed by atoms with Crippen LogP contribution < -0.4 is 10.1 Å². The molecule has 0 bridgehead atoms. The fourth-order valence-electron chi connectivity index (χ4n) is 1.33. The van der Waals surface area contributed by atoms with Gasteiger partial charge in [0.15, 0.2) is 0 Å². The average molecular weight is 278 g/mol. The summed E-state index contributed by atoms with van der Waals surface area (Å²) < 4.78 is 5.10. The van der Waals surface area contributed by atoms with Crippen molar-refractivity contribution in [2.45, 2.75) is 6.10 Å². The molecule has 0 spiro atoms. The number of aliphatic hydroxyl groups excluding tert-OH is 1. The van der Waals surface area contributed by atoms with Crippen molar-refractivity contribution in [3.05, 3.63) is 28.8 Å². The number of benzene rings is 1. The van der Waals surface area contributed by atoms with E-state index in [1.165, 1.54) is 7.11 Å². The van der Waals surface area contributed by atoms with Gasteiger partial charge in [-0.3, -0.25) is 4.79 Å². The molecule has 1 rings (SSSR count). The van der Waals surface area contributed by atoms with Gasteiger partial charge in [0.25, 0.3) is 0 Å². The van der Waals surface area contributed by atoms with Crippen molar-refractivity contribution in [1.82, 2.24) is 5.32 Å². The summed E-state index contributed by atoms with van der Waals surface area (Å²) in [5.74, 6) is 0.0353. The second kappa shape index (κ2) is 6.69. The van der Waals surface area contributed by atoms with Gasteiger partial charge in [-0.25, -0.2) is 0 Å². The van der Waals surface area contributed by atoms with Crippen LogP contribution >= 0.6 is 23.2 Å². The van der Waals surface area contributed by atoms with E-state index in [9.17, 15) is 9.90 Å². The maximum atomic E-state index is 11.0. The van der Waals surface area contributed by atoms with E-state index >= 15 is 0 Å². The Morgan fingerprint density at radius 3 is 2.88 bits per heavy atom. The van der Waals surface area contributed by atoms with Gasteiger partial charge in [-0.1, -0.05) is 11.6 Å². The molecule has 0 aliphatic heterocycles. The van der Waals surface area contributed by atoms with Crippen LogP contribution in [0, 0.1) is 0 Å². The third kappa shape index (κ3) is 4.07. The molecule has 1 aromatic rings. The summed E-state index contributed by atoms with van der Waals surface area (Å²) in [5.41, 5.74) is 0.523. The number of hydrogen-bond donors (Lipinski definition) is 2. The Balaban J connectivity index is 2.76. The number of aliphatic hydroxyl groups is 1. The van der Waals surface area contributed by atoms with Crippen molar-refractivity contribution in [2.75, 3.05) is 19.5 Å². The monoisotopic (exact) mass is 277 g/mol. The summed E-state index contributed by atoms with van der Waals surface area (Å²) in [7, 11) is 1.50. The Labute approximate surface area is 109 Å². The molecular formula is C11H13Cl2NO3. The fraction of sp³-hybridized carbons (Fsp3) is 0.364. The lowest BCUT2D eigenvalue weighted by Crippen LogP contribution is -2.29. The van der Waals surface area contributed by atoms with Crippen LogP contribution in [-0.4, -0.2) is 30.5 Å². The number of halogens is 2. The largest absolute Gasteiger partial charge is 0.496 e. The van der Waals surface area contributed by atoms with Crippen LogP contribution in [0.25, 0.3) is 0 Å². The van der Waals surface area contributed by atoms with Gasteiger partial charge >= 0.3 is 0 Å². The van der Waals surface area contributed by atoms with Crippen molar-refractivity contribution in [2.24, 2.45) is 0 Å². The first-order valence-electron chi connectivity index (χ1n) is 4.92. The predicted molar refractivity (Wildman–Crippen MR) is 66.7 cm³/mol. The summed E-state index contributed by atoms with van der Waals surface area (Å²) in [4.78, 5) is 11.0. The summed E-state index contributed by atoms with van der Waals surface area (Å²) in [5, 5.41) is 12.9. The standard InChI is InChI=1S/C11H13Cl2NO3/c1-17-10-3-2-7(13)4-8(10)9(15)6-14-11(16)5-12/h2-4,9,15H,5-6H2,1H3,(H,14,16). The molecule has 17 heavy (non-hydrogen) atoms. The van der Waals surface area contributed by atoms with Crippen molar-refractivity contribution in [3.8, 4) is 5.75 Å². The van der Waals surface area contributed by atoms with Crippen LogP contribution in [-0.2, 0) is 4.79 Å². The summed E-state index contributed by atoms with van der Waals surface area (Å²) in [6.07, 6.45) is -0.893. The molecule has 0 aliphatic carbocycles. The van der Waals surface area contributed by atoms with Crippen LogP contribution in [0.5, 0.6) is 5.75 Å². The third-order valence-corrected chi connectivity index (χ3v) is 2.64. The highest BCUT2D eigenvalue weighted by atomic mass is 35.5. The van der Waals surface area contributed by atoms with E-state index in [0.717, 1.165) is 0 Å². The molecule has 2 N–H and O–H groups in total. The minimum Gasteiger partial charge on any atom is -0.496 e. The van der Waals surface area contributed by atoms with Gasteiger partial charge in [0.2, 0.25) is 5.91 Å². The molecule has 0 radical (unpaired) electrons. The fourth-order valence-corrected chi connectivity index (χ4v) is 1.61. The Hall–Kier alpha value is -0.970. The van der Waals surface area contributed by atoms with Gasteiger partial charge in [0.1, 0.15) is 11.6 Å². The Bertz CT molecular complexity index is 398. The van der Waals surface area contributed by atoms with Crippen LogP contribution in [0.15, 0.2) is 18.2 Å². The van der Waals surface area contributed by atoms with Crippen molar-refractivity contribution >= 4 is 29.1 Å². The first kappa shape index (κ1) is 14.1. The van der Waals surface area contributed by atoms with Crippen molar-refractivity contribution in [1.29, 1.82) is 0 Å². The molecule has 6 heteroatoms. The first-order chi connectivity index (χ1) is 8.08. The van der Waals surface area contributed by atoms with E-state index in [2.05, 4.69) is 5.32 Å². The number of carbonyl (C=O) groups is 1. The lowest BCUT2D eigenvalue weighted by molar-refractivity contribution is -0.119.